The molecular weight excluding hydrogens is 393 g/mol. The molecule has 0 aliphatic heterocycles. The van der Waals surface area contributed by atoms with Gasteiger partial charge < -0.3 is 0 Å². The maximum Gasteiger partial charge on any atom is 0.272 e. The summed E-state index contributed by atoms with van der Waals surface area (Å²) in [6.07, 6.45) is 1.14. The van der Waals surface area contributed by atoms with E-state index in [1.165, 1.54) is 24.3 Å². The molecule has 0 aliphatic rings. The Bertz CT molecular complexity index is 814. The molecule has 6 nitrogen and oxygen atoms in total. The molecule has 2 aromatic rings. The van der Waals surface area contributed by atoms with Crippen LogP contribution in [0.4, 0.5) is 10.1 Å². The molecule has 0 aromatic heterocycles. The molecule has 0 saturated carbocycles. The third-order valence-electron chi connectivity index (χ3n) is 2.74. The number of rotatable bonds is 4. The summed E-state index contributed by atoms with van der Waals surface area (Å²) in [4.78, 5) is 21.9. The lowest BCUT2D eigenvalue weighted by Gasteiger charge is -2.03. The van der Waals surface area contributed by atoms with Crippen molar-refractivity contribution in [2.45, 2.75) is 0 Å². The van der Waals surface area contributed by atoms with Crippen LogP contribution < -0.4 is 5.43 Å². The molecule has 0 radical (unpaired) electrons. The second-order valence-electron chi connectivity index (χ2n) is 4.29. The van der Waals surface area contributed by atoms with Gasteiger partial charge in [-0.3, -0.25) is 14.9 Å². The van der Waals surface area contributed by atoms with Crippen LogP contribution in [0.5, 0.6) is 0 Å². The minimum absolute atomic E-state index is 0.0177. The van der Waals surface area contributed by atoms with E-state index in [4.69, 9.17) is 11.6 Å². The first kappa shape index (κ1) is 17.0. The molecular formula is C14H8BrClFN3O3. The molecule has 0 aliphatic carbocycles. The van der Waals surface area contributed by atoms with Crippen molar-refractivity contribution >= 4 is 45.3 Å². The molecule has 2 rings (SSSR count). The first-order chi connectivity index (χ1) is 10.9. The fourth-order valence-corrected chi connectivity index (χ4v) is 2.28. The van der Waals surface area contributed by atoms with Crippen molar-refractivity contribution in [3.05, 3.63) is 73.0 Å². The van der Waals surface area contributed by atoms with E-state index in [1.54, 1.807) is 0 Å². The molecule has 0 atom stereocenters. The normalized spacial score (nSPS) is 10.7. The maximum absolute atomic E-state index is 13.5. The SMILES string of the molecule is O=C(N/N=C/c1cc(Br)ccc1F)c1ccc([N+](=O)[O-])cc1Cl. The number of carbonyl (C=O) groups excluding carboxylic acids is 1. The third kappa shape index (κ3) is 4.33. The number of hydrogen-bond acceptors (Lipinski definition) is 4. The zero-order chi connectivity index (χ0) is 17.0. The summed E-state index contributed by atoms with van der Waals surface area (Å²) in [6.45, 7) is 0. The van der Waals surface area contributed by atoms with Gasteiger partial charge in [0.05, 0.1) is 21.7 Å². The molecule has 0 spiro atoms. The van der Waals surface area contributed by atoms with Gasteiger partial charge in [0.2, 0.25) is 0 Å². The van der Waals surface area contributed by atoms with Gasteiger partial charge in [-0.05, 0) is 24.3 Å². The van der Waals surface area contributed by atoms with Gasteiger partial charge in [-0.2, -0.15) is 5.10 Å². The Morgan fingerprint density at radius 2 is 2.09 bits per heavy atom. The fourth-order valence-electron chi connectivity index (χ4n) is 1.64. The monoisotopic (exact) mass is 399 g/mol. The van der Waals surface area contributed by atoms with Crippen LogP contribution in [0.1, 0.15) is 15.9 Å². The number of non-ortho nitro benzene ring substituents is 1. The Labute approximate surface area is 143 Å². The Kier molecular flexibility index (Phi) is 5.41. The van der Waals surface area contributed by atoms with Crippen molar-refractivity contribution in [2.75, 3.05) is 0 Å². The van der Waals surface area contributed by atoms with Crippen LogP contribution in [0.3, 0.4) is 0 Å². The Hall–Kier alpha value is -2.32. The maximum atomic E-state index is 13.5. The number of hydrazone groups is 1. The van der Waals surface area contributed by atoms with Crippen molar-refractivity contribution in [3.8, 4) is 0 Å². The van der Waals surface area contributed by atoms with Crippen molar-refractivity contribution < 1.29 is 14.1 Å². The van der Waals surface area contributed by atoms with Crippen molar-refractivity contribution in [1.29, 1.82) is 0 Å². The average Bonchev–Trinajstić information content (AvgIpc) is 2.50. The van der Waals surface area contributed by atoms with Crippen LogP contribution >= 0.6 is 27.5 Å². The van der Waals surface area contributed by atoms with E-state index in [1.807, 2.05) is 0 Å². The second-order valence-corrected chi connectivity index (χ2v) is 5.61. The quantitative estimate of drug-likeness (QED) is 0.480. The van der Waals surface area contributed by atoms with E-state index >= 15 is 0 Å². The summed E-state index contributed by atoms with van der Waals surface area (Å²) in [5.74, 6) is -1.17. The highest BCUT2D eigenvalue weighted by molar-refractivity contribution is 9.10. The van der Waals surface area contributed by atoms with Crippen LogP contribution in [-0.2, 0) is 0 Å². The molecule has 9 heteroatoms. The van der Waals surface area contributed by atoms with Gasteiger partial charge in [-0.1, -0.05) is 27.5 Å². The predicted molar refractivity (Wildman–Crippen MR) is 87.3 cm³/mol. The van der Waals surface area contributed by atoms with Gasteiger partial charge in [-0.25, -0.2) is 9.82 Å². The summed E-state index contributed by atoms with van der Waals surface area (Å²) in [7, 11) is 0. The summed E-state index contributed by atoms with van der Waals surface area (Å²) >= 11 is 9.02. The predicted octanol–water partition coefficient (Wildman–Crippen LogP) is 3.91. The van der Waals surface area contributed by atoms with Gasteiger partial charge in [-0.15, -0.1) is 0 Å². The zero-order valence-corrected chi connectivity index (χ0v) is 13.6. The van der Waals surface area contributed by atoms with Gasteiger partial charge in [0.1, 0.15) is 5.82 Å². The number of hydrogen-bond donors (Lipinski definition) is 1. The highest BCUT2D eigenvalue weighted by Crippen LogP contribution is 2.22. The minimum atomic E-state index is -0.670. The molecule has 0 fully saturated rings. The molecule has 0 saturated heterocycles. The minimum Gasteiger partial charge on any atom is -0.267 e. The molecule has 1 N–H and O–H groups in total. The van der Waals surface area contributed by atoms with Gasteiger partial charge in [0.25, 0.3) is 11.6 Å². The number of amides is 1. The fraction of sp³-hybridized carbons (Fsp3) is 0. The van der Waals surface area contributed by atoms with Crippen molar-refractivity contribution in [3.63, 3.8) is 0 Å². The highest BCUT2D eigenvalue weighted by atomic mass is 79.9. The number of halogens is 3. The van der Waals surface area contributed by atoms with Crippen LogP contribution in [0.2, 0.25) is 5.02 Å². The molecule has 0 bridgehead atoms. The zero-order valence-electron chi connectivity index (χ0n) is 11.3. The lowest BCUT2D eigenvalue weighted by molar-refractivity contribution is -0.384. The average molecular weight is 401 g/mol. The topological polar surface area (TPSA) is 84.6 Å². The Balaban J connectivity index is 2.12. The number of nitro groups is 1. The third-order valence-corrected chi connectivity index (χ3v) is 3.54. The van der Waals surface area contributed by atoms with Gasteiger partial charge in [0, 0.05) is 22.2 Å². The number of benzene rings is 2. The van der Waals surface area contributed by atoms with Crippen LogP contribution in [0, 0.1) is 15.9 Å². The van der Waals surface area contributed by atoms with Crippen LogP contribution in [0.25, 0.3) is 0 Å². The highest BCUT2D eigenvalue weighted by Gasteiger charge is 2.14. The lowest BCUT2D eigenvalue weighted by atomic mass is 10.2. The van der Waals surface area contributed by atoms with E-state index in [9.17, 15) is 19.3 Å². The Morgan fingerprint density at radius 1 is 1.35 bits per heavy atom. The van der Waals surface area contributed by atoms with E-state index in [0.29, 0.717) is 4.47 Å². The van der Waals surface area contributed by atoms with Crippen LogP contribution in [-0.4, -0.2) is 17.0 Å². The Morgan fingerprint density at radius 3 is 2.74 bits per heavy atom. The largest absolute Gasteiger partial charge is 0.272 e. The van der Waals surface area contributed by atoms with Gasteiger partial charge in [0.15, 0.2) is 0 Å². The first-order valence-electron chi connectivity index (χ1n) is 6.11. The molecule has 0 unspecified atom stereocenters. The number of nitro benzene ring substituents is 1. The summed E-state index contributed by atoms with van der Waals surface area (Å²) in [5.41, 5.74) is 2.14. The van der Waals surface area contributed by atoms with Crippen molar-refractivity contribution in [1.82, 2.24) is 5.43 Å². The second kappa shape index (κ2) is 7.30. The first-order valence-corrected chi connectivity index (χ1v) is 7.28. The van der Waals surface area contributed by atoms with Crippen molar-refractivity contribution in [2.24, 2.45) is 5.10 Å². The molecule has 118 valence electrons. The van der Waals surface area contributed by atoms with Crippen LogP contribution in [0.15, 0.2) is 46.0 Å². The standard InChI is InChI=1S/C14H8BrClFN3O3/c15-9-1-4-13(17)8(5-9)7-18-19-14(21)11-3-2-10(20(22)23)6-12(11)16/h1-7H,(H,19,21)/b18-7+. The summed E-state index contributed by atoms with van der Waals surface area (Å²) < 4.78 is 14.1. The van der Waals surface area contributed by atoms with Gasteiger partial charge >= 0.3 is 0 Å². The molecule has 23 heavy (non-hydrogen) atoms. The smallest absolute Gasteiger partial charge is 0.267 e. The summed E-state index contributed by atoms with van der Waals surface area (Å²) in [6, 6.07) is 7.70. The van der Waals surface area contributed by atoms with E-state index < -0.39 is 16.6 Å². The lowest BCUT2D eigenvalue weighted by Crippen LogP contribution is -2.18. The van der Waals surface area contributed by atoms with E-state index in [-0.39, 0.29) is 21.8 Å². The van der Waals surface area contributed by atoms with E-state index in [2.05, 4.69) is 26.5 Å². The molecule has 0 heterocycles. The summed E-state index contributed by atoms with van der Waals surface area (Å²) in [5, 5.41) is 14.2. The number of nitrogens with one attached hydrogen (secondary N) is 1. The molecule has 2 aromatic carbocycles. The molecule has 1 amide bonds. The number of nitrogens with zero attached hydrogens (tertiary/aromatic N) is 2. The number of carbonyl (C=O) groups is 1. The van der Waals surface area contributed by atoms with E-state index in [0.717, 1.165) is 18.3 Å².